The van der Waals surface area contributed by atoms with E-state index in [2.05, 4.69) is 16.0 Å². The molecule has 0 atom stereocenters. The van der Waals surface area contributed by atoms with E-state index >= 15 is 0 Å². The van der Waals surface area contributed by atoms with Gasteiger partial charge in [0.15, 0.2) is 0 Å². The summed E-state index contributed by atoms with van der Waals surface area (Å²) in [4.78, 5) is 16.6. The van der Waals surface area contributed by atoms with Gasteiger partial charge in [0.2, 0.25) is 5.91 Å². The summed E-state index contributed by atoms with van der Waals surface area (Å²) in [6.45, 7) is 1.70. The molecule has 3 rings (SSSR count). The Hall–Kier alpha value is -1.88. The smallest absolute Gasteiger partial charge is 0.221 e. The van der Waals surface area contributed by atoms with E-state index in [1.807, 2.05) is 18.2 Å². The Balaban J connectivity index is 1.80. The molecule has 0 bridgehead atoms. The van der Waals surface area contributed by atoms with E-state index in [0.29, 0.717) is 32.0 Å². The minimum absolute atomic E-state index is 0.0535. The molecule has 1 aromatic carbocycles. The number of aromatic nitrogens is 2. The van der Waals surface area contributed by atoms with E-state index in [1.54, 1.807) is 0 Å². The average Bonchev–Trinajstić information content (AvgIpc) is 2.79. The van der Waals surface area contributed by atoms with Crippen molar-refractivity contribution in [3.63, 3.8) is 0 Å². The molecule has 1 amide bonds. The van der Waals surface area contributed by atoms with Crippen molar-refractivity contribution in [1.82, 2.24) is 14.9 Å². The summed E-state index contributed by atoms with van der Waals surface area (Å²) in [5.74, 6) is 1.76. The maximum Gasteiger partial charge on any atom is 0.221 e. The monoisotopic (exact) mass is 286 g/mol. The second-order valence-electron chi connectivity index (χ2n) is 5.63. The highest BCUT2D eigenvalue weighted by atomic mass is 16.1. The molecule has 1 aromatic heterocycles. The lowest BCUT2D eigenvalue weighted by atomic mass is 9.85. The Kier molecular flexibility index (Phi) is 4.20. The summed E-state index contributed by atoms with van der Waals surface area (Å²) in [5.41, 5.74) is 7.56. The van der Waals surface area contributed by atoms with Crippen molar-refractivity contribution in [2.24, 2.45) is 5.73 Å². The van der Waals surface area contributed by atoms with Crippen LogP contribution in [-0.4, -0.2) is 28.5 Å². The van der Waals surface area contributed by atoms with Gasteiger partial charge in [-0.25, -0.2) is 4.98 Å². The van der Waals surface area contributed by atoms with Crippen LogP contribution in [0.1, 0.15) is 37.4 Å². The molecule has 0 radical (unpaired) electrons. The first kappa shape index (κ1) is 14.1. The van der Waals surface area contributed by atoms with E-state index in [-0.39, 0.29) is 5.91 Å². The number of nitrogens with zero attached hydrogens (tertiary/aromatic N) is 2. The number of imidazole rings is 1. The topological polar surface area (TPSA) is 72.9 Å². The highest BCUT2D eigenvalue weighted by Gasteiger charge is 2.25. The molecule has 0 spiro atoms. The standard InChI is InChI=1S/C16H22N4O/c17-9-10-18-15(21)8-11-20-14-7-2-1-6-13(14)19-16(20)12-4-3-5-12/h1-2,6-7,12H,3-5,8-11,17H2,(H,18,21). The molecule has 5 heteroatoms. The van der Waals surface area contributed by atoms with Gasteiger partial charge in [0, 0.05) is 32.0 Å². The third kappa shape index (κ3) is 2.93. The van der Waals surface area contributed by atoms with Crippen LogP contribution in [0.3, 0.4) is 0 Å². The predicted molar refractivity (Wildman–Crippen MR) is 83.0 cm³/mol. The van der Waals surface area contributed by atoms with Crippen LogP contribution in [0.5, 0.6) is 0 Å². The van der Waals surface area contributed by atoms with Crippen LogP contribution in [0.15, 0.2) is 24.3 Å². The van der Waals surface area contributed by atoms with Gasteiger partial charge in [-0.1, -0.05) is 18.6 Å². The maximum atomic E-state index is 11.8. The Morgan fingerprint density at radius 2 is 2.19 bits per heavy atom. The first-order valence-corrected chi connectivity index (χ1v) is 7.71. The van der Waals surface area contributed by atoms with E-state index in [1.165, 1.54) is 19.3 Å². The van der Waals surface area contributed by atoms with E-state index < -0.39 is 0 Å². The molecule has 1 heterocycles. The number of rotatable bonds is 6. The van der Waals surface area contributed by atoms with Crippen molar-refractivity contribution in [2.45, 2.75) is 38.1 Å². The molecule has 5 nitrogen and oxygen atoms in total. The summed E-state index contributed by atoms with van der Waals surface area (Å²) in [6.07, 6.45) is 4.18. The van der Waals surface area contributed by atoms with Gasteiger partial charge in [0.25, 0.3) is 0 Å². The Morgan fingerprint density at radius 1 is 1.38 bits per heavy atom. The number of nitrogens with one attached hydrogen (secondary N) is 1. The Bertz CT molecular complexity index is 630. The molecule has 1 fully saturated rings. The normalized spacial score (nSPS) is 15.1. The summed E-state index contributed by atoms with van der Waals surface area (Å²) >= 11 is 0. The van der Waals surface area contributed by atoms with Crippen LogP contribution in [0.4, 0.5) is 0 Å². The zero-order valence-electron chi connectivity index (χ0n) is 12.2. The lowest BCUT2D eigenvalue weighted by molar-refractivity contribution is -0.121. The second kappa shape index (κ2) is 6.26. The highest BCUT2D eigenvalue weighted by Crippen LogP contribution is 2.37. The zero-order valence-corrected chi connectivity index (χ0v) is 12.2. The molecule has 21 heavy (non-hydrogen) atoms. The van der Waals surface area contributed by atoms with Gasteiger partial charge in [-0.05, 0) is 25.0 Å². The van der Waals surface area contributed by atoms with Gasteiger partial charge in [0.1, 0.15) is 5.82 Å². The third-order valence-corrected chi connectivity index (χ3v) is 4.18. The largest absolute Gasteiger partial charge is 0.355 e. The Labute approximate surface area is 124 Å². The van der Waals surface area contributed by atoms with Gasteiger partial charge < -0.3 is 15.6 Å². The van der Waals surface area contributed by atoms with Crippen molar-refractivity contribution in [2.75, 3.05) is 13.1 Å². The number of hydrogen-bond acceptors (Lipinski definition) is 3. The average molecular weight is 286 g/mol. The van der Waals surface area contributed by atoms with Crippen LogP contribution in [-0.2, 0) is 11.3 Å². The maximum absolute atomic E-state index is 11.8. The Morgan fingerprint density at radius 3 is 2.90 bits per heavy atom. The molecule has 112 valence electrons. The quantitative estimate of drug-likeness (QED) is 0.850. The number of carbonyl (C=O) groups is 1. The van der Waals surface area contributed by atoms with Crippen molar-refractivity contribution >= 4 is 16.9 Å². The fourth-order valence-electron chi connectivity index (χ4n) is 2.82. The van der Waals surface area contributed by atoms with E-state index in [9.17, 15) is 4.79 Å². The number of nitrogens with two attached hydrogens (primary N) is 1. The first-order valence-electron chi connectivity index (χ1n) is 7.71. The van der Waals surface area contributed by atoms with E-state index in [0.717, 1.165) is 16.9 Å². The van der Waals surface area contributed by atoms with Crippen LogP contribution in [0.25, 0.3) is 11.0 Å². The molecular formula is C16H22N4O. The summed E-state index contributed by atoms with van der Waals surface area (Å²) in [7, 11) is 0. The summed E-state index contributed by atoms with van der Waals surface area (Å²) < 4.78 is 2.22. The van der Waals surface area contributed by atoms with E-state index in [4.69, 9.17) is 10.7 Å². The number of carbonyl (C=O) groups excluding carboxylic acids is 1. The van der Waals surface area contributed by atoms with Gasteiger partial charge in [0.05, 0.1) is 11.0 Å². The summed E-state index contributed by atoms with van der Waals surface area (Å²) in [5, 5.41) is 2.82. The molecule has 0 unspecified atom stereocenters. The third-order valence-electron chi connectivity index (χ3n) is 4.18. The first-order chi connectivity index (χ1) is 10.3. The lowest BCUT2D eigenvalue weighted by Gasteiger charge is -2.25. The molecule has 0 saturated heterocycles. The summed E-state index contributed by atoms with van der Waals surface area (Å²) in [6, 6.07) is 8.17. The minimum atomic E-state index is 0.0535. The SMILES string of the molecule is NCCNC(=O)CCn1c(C2CCC2)nc2ccccc21. The molecule has 1 saturated carbocycles. The van der Waals surface area contributed by atoms with Crippen molar-refractivity contribution in [3.05, 3.63) is 30.1 Å². The van der Waals surface area contributed by atoms with Crippen LogP contribution in [0.2, 0.25) is 0 Å². The molecule has 1 aliphatic rings. The second-order valence-corrected chi connectivity index (χ2v) is 5.63. The molecule has 2 aromatic rings. The number of amides is 1. The number of para-hydroxylation sites is 2. The molecule has 3 N–H and O–H groups in total. The van der Waals surface area contributed by atoms with Gasteiger partial charge in [-0.3, -0.25) is 4.79 Å². The van der Waals surface area contributed by atoms with Crippen LogP contribution < -0.4 is 11.1 Å². The fourth-order valence-corrected chi connectivity index (χ4v) is 2.82. The van der Waals surface area contributed by atoms with Crippen LogP contribution >= 0.6 is 0 Å². The minimum Gasteiger partial charge on any atom is -0.355 e. The van der Waals surface area contributed by atoms with Crippen molar-refractivity contribution < 1.29 is 4.79 Å². The molecule has 1 aliphatic carbocycles. The molecular weight excluding hydrogens is 264 g/mol. The van der Waals surface area contributed by atoms with Crippen molar-refractivity contribution in [3.8, 4) is 0 Å². The van der Waals surface area contributed by atoms with Gasteiger partial charge in [-0.2, -0.15) is 0 Å². The highest BCUT2D eigenvalue weighted by molar-refractivity contribution is 5.78. The van der Waals surface area contributed by atoms with Crippen LogP contribution in [0, 0.1) is 0 Å². The lowest BCUT2D eigenvalue weighted by Crippen LogP contribution is -2.29. The predicted octanol–water partition coefficient (Wildman–Crippen LogP) is 1.77. The number of hydrogen-bond donors (Lipinski definition) is 2. The fraction of sp³-hybridized carbons (Fsp3) is 0.500. The number of benzene rings is 1. The molecule has 0 aliphatic heterocycles. The number of aryl methyl sites for hydroxylation is 1. The number of fused-ring (bicyclic) bond motifs is 1. The van der Waals surface area contributed by atoms with Crippen molar-refractivity contribution in [1.29, 1.82) is 0 Å². The van der Waals surface area contributed by atoms with Gasteiger partial charge in [-0.15, -0.1) is 0 Å². The van der Waals surface area contributed by atoms with Gasteiger partial charge >= 0.3 is 0 Å². The zero-order chi connectivity index (χ0) is 14.7.